The molecule has 1 aromatic carbocycles. The molecule has 4 nitrogen and oxygen atoms in total. The molecular weight excluding hydrogens is 228 g/mol. The van der Waals surface area contributed by atoms with Gasteiger partial charge in [0.25, 0.3) is 0 Å². The zero-order valence-electron chi connectivity index (χ0n) is 11.0. The maximum Gasteiger partial charge on any atom is 0.114 e. The second-order valence-corrected chi connectivity index (χ2v) is 3.57. The molecule has 0 fully saturated rings. The monoisotopic (exact) mass is 248 g/mol. The van der Waals surface area contributed by atoms with Crippen molar-refractivity contribution in [2.45, 2.75) is 26.7 Å². The fraction of sp³-hybridized carbons (Fsp3) is 0.429. The predicted molar refractivity (Wildman–Crippen MR) is 74.0 cm³/mol. The van der Waals surface area contributed by atoms with Gasteiger partial charge in [0.1, 0.15) is 13.2 Å². The first kappa shape index (κ1) is 14.2. The third-order valence-corrected chi connectivity index (χ3v) is 2.20. The van der Waals surface area contributed by atoms with Crippen LogP contribution in [0.15, 0.2) is 40.6 Å². The Hall–Kier alpha value is -1.84. The molecule has 98 valence electrons. The Balaban J connectivity index is 2.57. The minimum atomic E-state index is 0.573. The van der Waals surface area contributed by atoms with E-state index in [-0.39, 0.29) is 0 Å². The molecule has 0 atom stereocenters. The number of hydrogen-bond donors (Lipinski definition) is 0. The van der Waals surface area contributed by atoms with Crippen LogP contribution < -0.4 is 0 Å². The third-order valence-electron chi connectivity index (χ3n) is 2.20. The number of hydrogen-bond acceptors (Lipinski definition) is 4. The summed E-state index contributed by atoms with van der Waals surface area (Å²) in [5.74, 6) is 0. The van der Waals surface area contributed by atoms with Crippen molar-refractivity contribution >= 4 is 11.9 Å². The molecule has 0 heterocycles. The smallest absolute Gasteiger partial charge is 0.114 e. The summed E-state index contributed by atoms with van der Waals surface area (Å²) in [6, 6.07) is 10.0. The van der Waals surface area contributed by atoms with E-state index in [1.807, 2.05) is 44.2 Å². The summed E-state index contributed by atoms with van der Waals surface area (Å²) >= 11 is 0. The van der Waals surface area contributed by atoms with Crippen LogP contribution >= 0.6 is 0 Å². The van der Waals surface area contributed by atoms with Crippen LogP contribution in [0.25, 0.3) is 0 Å². The van der Waals surface area contributed by atoms with Gasteiger partial charge in [0.2, 0.25) is 0 Å². The molecule has 1 aromatic rings. The minimum absolute atomic E-state index is 0.573. The molecule has 0 N–H and O–H groups in total. The van der Waals surface area contributed by atoms with Crippen LogP contribution in [0.1, 0.15) is 32.3 Å². The van der Waals surface area contributed by atoms with E-state index in [0.717, 1.165) is 24.1 Å². The first-order valence-electron chi connectivity index (χ1n) is 6.26. The highest BCUT2D eigenvalue weighted by atomic mass is 16.6. The summed E-state index contributed by atoms with van der Waals surface area (Å²) in [7, 11) is 0. The van der Waals surface area contributed by atoms with Crippen LogP contribution in [0.4, 0.5) is 0 Å². The van der Waals surface area contributed by atoms with Crippen LogP contribution in [0.5, 0.6) is 0 Å². The first-order valence-corrected chi connectivity index (χ1v) is 6.26. The summed E-state index contributed by atoms with van der Waals surface area (Å²) in [6.07, 6.45) is 3.31. The predicted octanol–water partition coefficient (Wildman–Crippen LogP) is 3.23. The molecule has 0 aliphatic rings. The lowest BCUT2D eigenvalue weighted by atomic mass is 10.1. The van der Waals surface area contributed by atoms with Crippen molar-refractivity contribution in [2.75, 3.05) is 13.2 Å². The fourth-order valence-electron chi connectivity index (χ4n) is 1.40. The van der Waals surface area contributed by atoms with Gasteiger partial charge in [0.15, 0.2) is 0 Å². The van der Waals surface area contributed by atoms with Crippen molar-refractivity contribution in [1.29, 1.82) is 0 Å². The highest BCUT2D eigenvalue weighted by Crippen LogP contribution is 2.06. The van der Waals surface area contributed by atoms with Crippen molar-refractivity contribution in [1.82, 2.24) is 0 Å². The van der Waals surface area contributed by atoms with E-state index >= 15 is 0 Å². The van der Waals surface area contributed by atoms with Gasteiger partial charge >= 0.3 is 0 Å². The van der Waals surface area contributed by atoms with Crippen molar-refractivity contribution in [3.63, 3.8) is 0 Å². The average molecular weight is 248 g/mol. The molecule has 0 radical (unpaired) electrons. The molecule has 0 aliphatic heterocycles. The molecule has 18 heavy (non-hydrogen) atoms. The summed E-state index contributed by atoms with van der Waals surface area (Å²) in [6.45, 7) is 4.99. The minimum Gasteiger partial charge on any atom is -0.396 e. The molecule has 0 spiro atoms. The lowest BCUT2D eigenvalue weighted by Crippen LogP contribution is -2.02. The largest absolute Gasteiger partial charge is 0.396 e. The Morgan fingerprint density at radius 2 is 1.83 bits per heavy atom. The van der Waals surface area contributed by atoms with E-state index in [2.05, 4.69) is 10.3 Å². The zero-order valence-corrected chi connectivity index (χ0v) is 11.0. The second-order valence-electron chi connectivity index (χ2n) is 3.57. The van der Waals surface area contributed by atoms with Gasteiger partial charge in [-0.15, -0.1) is 0 Å². The van der Waals surface area contributed by atoms with Gasteiger partial charge in [-0.3, -0.25) is 0 Å². The van der Waals surface area contributed by atoms with Crippen molar-refractivity contribution in [3.8, 4) is 0 Å². The van der Waals surface area contributed by atoms with Crippen LogP contribution in [0, 0.1) is 0 Å². The molecular formula is C14H20N2O2. The van der Waals surface area contributed by atoms with Crippen molar-refractivity contribution in [3.05, 3.63) is 35.9 Å². The number of oxime groups is 2. The zero-order chi connectivity index (χ0) is 13.1. The fourth-order valence-corrected chi connectivity index (χ4v) is 1.40. The van der Waals surface area contributed by atoms with Gasteiger partial charge in [-0.2, -0.15) is 0 Å². The number of benzene rings is 1. The third kappa shape index (κ3) is 5.48. The molecule has 0 amide bonds. The summed E-state index contributed by atoms with van der Waals surface area (Å²) in [4.78, 5) is 10.0. The standard InChI is InChI=1S/C14H20N2O2/c1-3-17-15-12-8-11-14(16-18-4-2)13-9-6-5-7-10-13/h5-7,9-10,12H,3-4,8,11H2,1-2H3/b15-12?,16-14+. The highest BCUT2D eigenvalue weighted by Gasteiger charge is 2.03. The van der Waals surface area contributed by atoms with Gasteiger partial charge in [-0.1, -0.05) is 40.6 Å². The molecule has 0 aromatic heterocycles. The number of rotatable bonds is 8. The Labute approximate surface area is 108 Å². The molecule has 4 heteroatoms. The maximum atomic E-state index is 5.14. The first-order chi connectivity index (χ1) is 8.88. The molecule has 0 aliphatic carbocycles. The maximum absolute atomic E-state index is 5.14. The highest BCUT2D eigenvalue weighted by molar-refractivity contribution is 6.01. The lowest BCUT2D eigenvalue weighted by molar-refractivity contribution is 0.158. The normalized spacial score (nSPS) is 11.8. The van der Waals surface area contributed by atoms with E-state index in [0.29, 0.717) is 13.2 Å². The van der Waals surface area contributed by atoms with E-state index in [4.69, 9.17) is 9.68 Å². The van der Waals surface area contributed by atoms with E-state index in [1.165, 1.54) is 0 Å². The molecule has 0 saturated carbocycles. The van der Waals surface area contributed by atoms with Crippen LogP contribution in [0.3, 0.4) is 0 Å². The van der Waals surface area contributed by atoms with Crippen LogP contribution in [-0.2, 0) is 9.68 Å². The van der Waals surface area contributed by atoms with Crippen LogP contribution in [-0.4, -0.2) is 25.1 Å². The summed E-state index contributed by atoms with van der Waals surface area (Å²) in [5.41, 5.74) is 2.01. The summed E-state index contributed by atoms with van der Waals surface area (Å²) in [5, 5.41) is 7.96. The molecule has 0 bridgehead atoms. The van der Waals surface area contributed by atoms with Gasteiger partial charge in [0, 0.05) is 6.21 Å². The van der Waals surface area contributed by atoms with Crippen molar-refractivity contribution < 1.29 is 9.68 Å². The van der Waals surface area contributed by atoms with Gasteiger partial charge in [-0.25, -0.2) is 0 Å². The molecule has 1 rings (SSSR count). The molecule has 0 unspecified atom stereocenters. The summed E-state index contributed by atoms with van der Waals surface area (Å²) < 4.78 is 0. The van der Waals surface area contributed by atoms with Crippen LogP contribution in [0.2, 0.25) is 0 Å². The Morgan fingerprint density at radius 3 is 2.50 bits per heavy atom. The second kappa shape index (κ2) is 9.22. The quantitative estimate of drug-likeness (QED) is 0.523. The van der Waals surface area contributed by atoms with E-state index in [9.17, 15) is 0 Å². The van der Waals surface area contributed by atoms with Crippen molar-refractivity contribution in [2.24, 2.45) is 10.3 Å². The Kier molecular flexibility index (Phi) is 7.28. The van der Waals surface area contributed by atoms with E-state index < -0.39 is 0 Å². The van der Waals surface area contributed by atoms with Gasteiger partial charge in [-0.05, 0) is 32.3 Å². The molecule has 0 saturated heterocycles. The van der Waals surface area contributed by atoms with Gasteiger partial charge in [0.05, 0.1) is 5.71 Å². The SMILES string of the molecule is CCON=CCC/C(=N\OCC)c1ccccc1. The number of nitrogens with zero attached hydrogens (tertiary/aromatic N) is 2. The van der Waals surface area contributed by atoms with E-state index in [1.54, 1.807) is 6.21 Å². The average Bonchev–Trinajstić information content (AvgIpc) is 2.43. The van der Waals surface area contributed by atoms with Gasteiger partial charge < -0.3 is 9.68 Å². The Morgan fingerprint density at radius 1 is 1.11 bits per heavy atom. The lowest BCUT2D eigenvalue weighted by Gasteiger charge is -2.04. The topological polar surface area (TPSA) is 43.2 Å². The Bertz CT molecular complexity index is 375.